The number of fused-ring (bicyclic) bond motifs is 3. The zero-order chi connectivity index (χ0) is 21.2. The largest absolute Gasteiger partial charge is 0.468 e. The summed E-state index contributed by atoms with van der Waals surface area (Å²) in [5.74, 6) is 2.20. The number of H-pyrrole nitrogens is 1. The number of rotatable bonds is 7. The molecule has 0 spiro atoms. The molecule has 31 heavy (non-hydrogen) atoms. The van der Waals surface area contributed by atoms with E-state index in [0.29, 0.717) is 12.5 Å². The first-order valence-electron chi connectivity index (χ1n) is 10.5. The van der Waals surface area contributed by atoms with Gasteiger partial charge in [-0.1, -0.05) is 26.0 Å². The third-order valence-electron chi connectivity index (χ3n) is 5.22. The minimum Gasteiger partial charge on any atom is -0.468 e. The Morgan fingerprint density at radius 2 is 1.52 bits per heavy atom. The van der Waals surface area contributed by atoms with E-state index in [1.807, 2.05) is 60.7 Å². The van der Waals surface area contributed by atoms with E-state index in [1.165, 1.54) is 0 Å². The Bertz CT molecular complexity index is 1270. The average molecular weight is 412 g/mol. The number of hydrogen-bond acceptors (Lipinski definition) is 5. The molecule has 5 aromatic rings. The minimum atomic E-state index is 0.262. The summed E-state index contributed by atoms with van der Waals surface area (Å²) in [5, 5.41) is 0. The predicted octanol–water partition coefficient (Wildman–Crippen LogP) is 5.73. The van der Waals surface area contributed by atoms with Crippen LogP contribution in [0.2, 0.25) is 0 Å². The fourth-order valence-corrected chi connectivity index (χ4v) is 3.46. The molecule has 1 N–H and O–H groups in total. The number of aromatic nitrogens is 4. The lowest BCUT2D eigenvalue weighted by molar-refractivity contribution is 0.0107. The Morgan fingerprint density at radius 1 is 0.806 bits per heavy atom. The summed E-state index contributed by atoms with van der Waals surface area (Å²) in [6.07, 6.45) is 1.03. The topological polar surface area (TPSA) is 72.9 Å². The van der Waals surface area contributed by atoms with Crippen LogP contribution in [0.15, 0.2) is 60.7 Å². The van der Waals surface area contributed by atoms with Gasteiger partial charge in [0.2, 0.25) is 0 Å². The Hall–Kier alpha value is -3.51. The zero-order valence-electron chi connectivity index (χ0n) is 17.6. The van der Waals surface area contributed by atoms with Crippen molar-refractivity contribution in [3.05, 3.63) is 60.7 Å². The molecular weight excluding hydrogens is 388 g/mol. The molecule has 2 aromatic heterocycles. The van der Waals surface area contributed by atoms with Crippen LogP contribution >= 0.6 is 0 Å². The number of para-hydroxylation sites is 2. The van der Waals surface area contributed by atoms with Crippen LogP contribution in [0.5, 0.6) is 5.75 Å². The van der Waals surface area contributed by atoms with Crippen LogP contribution in [-0.4, -0.2) is 33.3 Å². The molecule has 2 heterocycles. The second kappa shape index (κ2) is 8.32. The van der Waals surface area contributed by atoms with E-state index in [2.05, 4.69) is 18.8 Å². The SMILES string of the molecule is CC(C)CCOCOc1ccc(-c2nc3cc4nc5ccccc5nc4cc3[nH]2)cc1. The number of ether oxygens (including phenoxy) is 2. The molecule has 0 aliphatic heterocycles. The second-order valence-electron chi connectivity index (χ2n) is 8.03. The van der Waals surface area contributed by atoms with Crippen LogP contribution in [0.1, 0.15) is 20.3 Å². The summed E-state index contributed by atoms with van der Waals surface area (Å²) in [4.78, 5) is 17.6. The maximum atomic E-state index is 5.66. The number of aromatic amines is 1. The smallest absolute Gasteiger partial charge is 0.189 e. The first-order valence-corrected chi connectivity index (χ1v) is 10.5. The number of nitrogens with one attached hydrogen (secondary N) is 1. The first kappa shape index (κ1) is 19.5. The van der Waals surface area contributed by atoms with Crippen molar-refractivity contribution in [3.63, 3.8) is 0 Å². The van der Waals surface area contributed by atoms with Gasteiger partial charge in [-0.3, -0.25) is 0 Å². The molecule has 156 valence electrons. The van der Waals surface area contributed by atoms with Crippen LogP contribution in [-0.2, 0) is 4.74 Å². The van der Waals surface area contributed by atoms with E-state index in [0.717, 1.165) is 56.7 Å². The van der Waals surface area contributed by atoms with Gasteiger partial charge in [0.15, 0.2) is 6.79 Å². The number of imidazole rings is 1. The third-order valence-corrected chi connectivity index (χ3v) is 5.22. The van der Waals surface area contributed by atoms with Crippen molar-refractivity contribution in [2.45, 2.75) is 20.3 Å². The van der Waals surface area contributed by atoms with Gasteiger partial charge in [0.1, 0.15) is 11.6 Å². The molecule has 6 heteroatoms. The van der Waals surface area contributed by atoms with Crippen LogP contribution in [0.4, 0.5) is 0 Å². The Kier molecular flexibility index (Phi) is 5.22. The monoisotopic (exact) mass is 412 g/mol. The van der Waals surface area contributed by atoms with E-state index in [-0.39, 0.29) is 6.79 Å². The molecule has 0 aliphatic carbocycles. The van der Waals surface area contributed by atoms with Gasteiger partial charge >= 0.3 is 0 Å². The lowest BCUT2D eigenvalue weighted by Crippen LogP contribution is -2.05. The minimum absolute atomic E-state index is 0.262. The van der Waals surface area contributed by atoms with Crippen molar-refractivity contribution in [3.8, 4) is 17.1 Å². The normalized spacial score (nSPS) is 11.7. The fraction of sp³-hybridized carbons (Fsp3) is 0.240. The molecule has 6 nitrogen and oxygen atoms in total. The van der Waals surface area contributed by atoms with Crippen LogP contribution in [0, 0.1) is 5.92 Å². The van der Waals surface area contributed by atoms with E-state index < -0.39 is 0 Å². The predicted molar refractivity (Wildman–Crippen MR) is 123 cm³/mol. The van der Waals surface area contributed by atoms with Gasteiger partial charge in [-0.2, -0.15) is 0 Å². The van der Waals surface area contributed by atoms with Crippen molar-refractivity contribution in [1.82, 2.24) is 19.9 Å². The summed E-state index contributed by atoms with van der Waals surface area (Å²) < 4.78 is 11.2. The number of nitrogens with zero attached hydrogens (tertiary/aromatic N) is 3. The summed E-state index contributed by atoms with van der Waals surface area (Å²) >= 11 is 0. The molecule has 0 saturated carbocycles. The molecule has 0 amide bonds. The van der Waals surface area contributed by atoms with Gasteiger partial charge in [-0.25, -0.2) is 15.0 Å². The first-order chi connectivity index (χ1) is 15.2. The third kappa shape index (κ3) is 4.20. The Labute approximate surface area is 180 Å². The lowest BCUT2D eigenvalue weighted by Gasteiger charge is -2.08. The molecule has 0 saturated heterocycles. The van der Waals surface area contributed by atoms with E-state index in [1.54, 1.807) is 0 Å². The molecule has 0 atom stereocenters. The van der Waals surface area contributed by atoms with Gasteiger partial charge in [-0.15, -0.1) is 0 Å². The number of hydrogen-bond donors (Lipinski definition) is 1. The van der Waals surface area contributed by atoms with E-state index in [4.69, 9.17) is 24.4 Å². The Balaban J connectivity index is 1.36. The van der Waals surface area contributed by atoms with Crippen molar-refractivity contribution in [1.29, 1.82) is 0 Å². The van der Waals surface area contributed by atoms with E-state index in [9.17, 15) is 0 Å². The molecule has 5 rings (SSSR count). The second-order valence-corrected chi connectivity index (χ2v) is 8.03. The molecule has 0 bridgehead atoms. The van der Waals surface area contributed by atoms with Gasteiger partial charge in [0.05, 0.1) is 39.7 Å². The summed E-state index contributed by atoms with van der Waals surface area (Å²) in [6, 6.07) is 19.7. The van der Waals surface area contributed by atoms with Gasteiger partial charge in [0.25, 0.3) is 0 Å². The quantitative estimate of drug-likeness (QED) is 0.210. The molecule has 3 aromatic carbocycles. The van der Waals surface area contributed by atoms with Crippen molar-refractivity contribution in [2.24, 2.45) is 5.92 Å². The molecule has 0 aliphatic rings. The van der Waals surface area contributed by atoms with Gasteiger partial charge in [0, 0.05) is 5.56 Å². The molecule has 0 radical (unpaired) electrons. The zero-order valence-corrected chi connectivity index (χ0v) is 17.6. The highest BCUT2D eigenvalue weighted by atomic mass is 16.7. The maximum absolute atomic E-state index is 5.66. The summed E-state index contributed by atoms with van der Waals surface area (Å²) in [5.41, 5.74) is 6.25. The number of benzene rings is 3. The highest BCUT2D eigenvalue weighted by Crippen LogP contribution is 2.26. The van der Waals surface area contributed by atoms with Crippen molar-refractivity contribution < 1.29 is 9.47 Å². The maximum Gasteiger partial charge on any atom is 0.189 e. The standard InChI is InChI=1S/C25H24N4O2/c1-16(2)11-12-30-15-31-18-9-7-17(8-10-18)25-28-23-13-21-22(14-24(23)29-25)27-20-6-4-3-5-19(20)26-21/h3-10,13-14,16H,11-12,15H2,1-2H3,(H,28,29). The molecule has 0 unspecified atom stereocenters. The average Bonchev–Trinajstić information content (AvgIpc) is 3.18. The van der Waals surface area contributed by atoms with Crippen molar-refractivity contribution >= 4 is 33.1 Å². The molecule has 0 fully saturated rings. The van der Waals surface area contributed by atoms with Crippen molar-refractivity contribution in [2.75, 3.05) is 13.4 Å². The molecular formula is C25H24N4O2. The van der Waals surface area contributed by atoms with Crippen LogP contribution in [0.3, 0.4) is 0 Å². The lowest BCUT2D eigenvalue weighted by atomic mass is 10.1. The summed E-state index contributed by atoms with van der Waals surface area (Å²) in [6.45, 7) is 5.33. The highest BCUT2D eigenvalue weighted by Gasteiger charge is 2.09. The van der Waals surface area contributed by atoms with Crippen LogP contribution in [0.25, 0.3) is 44.5 Å². The van der Waals surface area contributed by atoms with E-state index >= 15 is 0 Å². The fourth-order valence-electron chi connectivity index (χ4n) is 3.46. The summed E-state index contributed by atoms with van der Waals surface area (Å²) in [7, 11) is 0. The highest BCUT2D eigenvalue weighted by molar-refractivity contribution is 5.95. The van der Waals surface area contributed by atoms with Crippen LogP contribution < -0.4 is 4.74 Å². The Morgan fingerprint density at radius 3 is 2.23 bits per heavy atom. The van der Waals surface area contributed by atoms with Gasteiger partial charge < -0.3 is 14.5 Å². The van der Waals surface area contributed by atoms with Gasteiger partial charge in [-0.05, 0) is 60.9 Å².